The van der Waals surface area contributed by atoms with Crippen molar-refractivity contribution in [2.45, 2.75) is 70.1 Å². The average Bonchev–Trinajstić information content (AvgIpc) is 2.28. The molecule has 1 nitrogen and oxygen atoms in total. The summed E-state index contributed by atoms with van der Waals surface area (Å²) in [5.41, 5.74) is 0. The quantitative estimate of drug-likeness (QED) is 0.298. The van der Waals surface area contributed by atoms with E-state index in [9.17, 15) is 31.1 Å². The van der Waals surface area contributed by atoms with Gasteiger partial charge in [-0.1, -0.05) is 38.5 Å². The highest BCUT2D eigenvalue weighted by molar-refractivity contribution is 5.48. The van der Waals surface area contributed by atoms with Gasteiger partial charge < -0.3 is 4.79 Å². The van der Waals surface area contributed by atoms with Crippen molar-refractivity contribution in [1.29, 1.82) is 0 Å². The number of hydrogen-bond acceptors (Lipinski definition) is 1. The number of unbranched alkanes of at least 4 members (excludes halogenated alkanes) is 7. The van der Waals surface area contributed by atoms with Gasteiger partial charge in [0.1, 0.15) is 6.29 Å². The summed E-state index contributed by atoms with van der Waals surface area (Å²) in [6, 6.07) is 0. The summed E-state index contributed by atoms with van der Waals surface area (Å²) in [6.45, 7) is 0. The van der Waals surface area contributed by atoms with E-state index in [1.54, 1.807) is 0 Å². The van der Waals surface area contributed by atoms with Crippen molar-refractivity contribution in [3.8, 4) is 0 Å². The topological polar surface area (TPSA) is 17.1 Å². The molecule has 0 saturated heterocycles. The van der Waals surface area contributed by atoms with E-state index in [1.807, 2.05) is 0 Å². The Morgan fingerprint density at radius 2 is 1.10 bits per heavy atom. The molecule has 0 spiro atoms. The third kappa shape index (κ3) is 9.20. The summed E-state index contributed by atoms with van der Waals surface area (Å²) < 4.78 is 73.3. The molecule has 0 bridgehead atoms. The Kier molecular flexibility index (Phi) is 8.89. The molecule has 0 aliphatic heterocycles. The zero-order valence-corrected chi connectivity index (χ0v) is 11.2. The van der Waals surface area contributed by atoms with Crippen molar-refractivity contribution in [2.24, 2.45) is 5.92 Å². The van der Waals surface area contributed by atoms with Crippen LogP contribution in [0, 0.1) is 5.92 Å². The molecule has 0 aromatic heterocycles. The van der Waals surface area contributed by atoms with Crippen LogP contribution >= 0.6 is 0 Å². The van der Waals surface area contributed by atoms with E-state index in [2.05, 4.69) is 0 Å². The van der Waals surface area contributed by atoms with Crippen LogP contribution in [-0.2, 0) is 4.79 Å². The van der Waals surface area contributed by atoms with Gasteiger partial charge in [0.05, 0.1) is 0 Å². The summed E-state index contributed by atoms with van der Waals surface area (Å²) in [7, 11) is 0. The van der Waals surface area contributed by atoms with E-state index in [1.165, 1.54) is 0 Å². The molecule has 0 aromatic carbocycles. The minimum absolute atomic E-state index is 0.0714. The van der Waals surface area contributed by atoms with Crippen molar-refractivity contribution in [3.05, 3.63) is 0 Å². The first-order valence-corrected chi connectivity index (χ1v) is 6.76. The summed E-state index contributed by atoms with van der Waals surface area (Å²) in [5, 5.41) is 0. The lowest BCUT2D eigenvalue weighted by Gasteiger charge is -2.22. The van der Waals surface area contributed by atoms with Gasteiger partial charge in [-0.15, -0.1) is 0 Å². The maximum Gasteiger partial charge on any atom is 0.400 e. The van der Waals surface area contributed by atoms with E-state index in [4.69, 9.17) is 0 Å². The highest BCUT2D eigenvalue weighted by Gasteiger charge is 2.55. The lowest BCUT2D eigenvalue weighted by molar-refractivity contribution is -0.285. The monoisotopic (exact) mass is 306 g/mol. The summed E-state index contributed by atoms with van der Waals surface area (Å²) in [5.74, 6) is -3.21. The number of carbonyl (C=O) groups excluding carboxylic acids is 1. The third-order valence-corrected chi connectivity index (χ3v) is 3.11. The maximum absolute atomic E-state index is 12.2. The van der Waals surface area contributed by atoms with Gasteiger partial charge in [0, 0.05) is 6.42 Å². The first-order valence-electron chi connectivity index (χ1n) is 6.76. The van der Waals surface area contributed by atoms with Crippen molar-refractivity contribution in [1.82, 2.24) is 0 Å². The van der Waals surface area contributed by atoms with Crippen molar-refractivity contribution < 1.29 is 31.1 Å². The maximum atomic E-state index is 12.2. The molecule has 0 aliphatic carbocycles. The minimum atomic E-state index is -5.22. The van der Waals surface area contributed by atoms with Gasteiger partial charge in [-0.3, -0.25) is 0 Å². The molecule has 0 aromatic rings. The fourth-order valence-corrected chi connectivity index (χ4v) is 1.97. The van der Waals surface area contributed by atoms with Gasteiger partial charge in [-0.25, -0.2) is 0 Å². The average molecular weight is 306 g/mol. The van der Waals surface area contributed by atoms with Crippen LogP contribution < -0.4 is 0 Å². The first kappa shape index (κ1) is 19.2. The molecule has 120 valence electrons. The van der Waals surface area contributed by atoms with Crippen LogP contribution in [0.15, 0.2) is 0 Å². The summed E-state index contributed by atoms with van der Waals surface area (Å²) in [6.07, 6.45) is -5.78. The lowest BCUT2D eigenvalue weighted by Crippen LogP contribution is -2.36. The van der Waals surface area contributed by atoms with E-state index in [0.717, 1.165) is 32.0 Å². The molecule has 0 heterocycles. The normalized spacial score (nSPS) is 12.9. The Hall–Kier alpha value is -0.750. The second-order valence-corrected chi connectivity index (χ2v) is 4.85. The Labute approximate surface area is 114 Å². The molecule has 0 saturated carbocycles. The fourth-order valence-electron chi connectivity index (χ4n) is 1.97. The molecule has 0 atom stereocenters. The molecule has 0 rings (SSSR count). The highest BCUT2D eigenvalue weighted by Crippen LogP contribution is 2.42. The predicted molar refractivity (Wildman–Crippen MR) is 63.2 cm³/mol. The van der Waals surface area contributed by atoms with Crippen LogP contribution in [0.1, 0.15) is 57.8 Å². The van der Waals surface area contributed by atoms with E-state index >= 15 is 0 Å². The SMILES string of the molecule is O=CCCCCCCCCCC(C(F)(F)F)C(F)(F)F. The van der Waals surface area contributed by atoms with Crippen molar-refractivity contribution in [2.75, 3.05) is 0 Å². The van der Waals surface area contributed by atoms with E-state index < -0.39 is 24.7 Å². The molecule has 0 amide bonds. The molecule has 0 N–H and O–H groups in total. The zero-order valence-electron chi connectivity index (χ0n) is 11.2. The summed E-state index contributed by atoms with van der Waals surface area (Å²) in [4.78, 5) is 10.0. The smallest absolute Gasteiger partial charge is 0.303 e. The number of rotatable bonds is 10. The van der Waals surface area contributed by atoms with Gasteiger partial charge in [0.15, 0.2) is 5.92 Å². The predicted octanol–water partition coefficient (Wildman–Crippen LogP) is 5.44. The molecule has 20 heavy (non-hydrogen) atoms. The van der Waals surface area contributed by atoms with Crippen LogP contribution in [0.3, 0.4) is 0 Å². The van der Waals surface area contributed by atoms with Gasteiger partial charge in [0.2, 0.25) is 0 Å². The largest absolute Gasteiger partial charge is 0.400 e. The molecule has 0 unspecified atom stereocenters. The Bertz CT molecular complexity index is 245. The number of alkyl halides is 6. The second-order valence-electron chi connectivity index (χ2n) is 4.85. The van der Waals surface area contributed by atoms with Crippen LogP contribution in [0.2, 0.25) is 0 Å². The third-order valence-electron chi connectivity index (χ3n) is 3.11. The number of aldehydes is 1. The molecular weight excluding hydrogens is 286 g/mol. The zero-order chi connectivity index (χ0) is 15.6. The van der Waals surface area contributed by atoms with Gasteiger partial charge in [-0.05, 0) is 12.8 Å². The van der Waals surface area contributed by atoms with Crippen LogP contribution in [-0.4, -0.2) is 18.6 Å². The summed E-state index contributed by atoms with van der Waals surface area (Å²) >= 11 is 0. The minimum Gasteiger partial charge on any atom is -0.303 e. The molecule has 0 aliphatic rings. The molecular formula is C13H20F6O. The number of halogens is 6. The first-order chi connectivity index (χ1) is 9.19. The standard InChI is InChI=1S/C13H20F6O/c14-12(15,16)11(13(17,18)19)9-7-5-3-1-2-4-6-8-10-20/h10-11H,1-9H2. The Morgan fingerprint density at radius 3 is 1.50 bits per heavy atom. The van der Waals surface area contributed by atoms with E-state index in [0.29, 0.717) is 19.3 Å². The number of carbonyl (C=O) groups is 1. The second kappa shape index (κ2) is 9.23. The number of hydrogen-bond donors (Lipinski definition) is 0. The van der Waals surface area contributed by atoms with Crippen LogP contribution in [0.5, 0.6) is 0 Å². The van der Waals surface area contributed by atoms with Crippen LogP contribution in [0.25, 0.3) is 0 Å². The van der Waals surface area contributed by atoms with Gasteiger partial charge >= 0.3 is 12.4 Å². The van der Waals surface area contributed by atoms with Gasteiger partial charge in [0.25, 0.3) is 0 Å². The van der Waals surface area contributed by atoms with Crippen molar-refractivity contribution in [3.63, 3.8) is 0 Å². The fraction of sp³-hybridized carbons (Fsp3) is 0.923. The lowest BCUT2D eigenvalue weighted by atomic mass is 9.99. The highest BCUT2D eigenvalue weighted by atomic mass is 19.4. The Morgan fingerprint density at radius 1 is 0.700 bits per heavy atom. The Balaban J connectivity index is 3.73. The van der Waals surface area contributed by atoms with Crippen LogP contribution in [0.4, 0.5) is 26.3 Å². The van der Waals surface area contributed by atoms with E-state index in [-0.39, 0.29) is 6.42 Å². The van der Waals surface area contributed by atoms with Gasteiger partial charge in [-0.2, -0.15) is 26.3 Å². The molecule has 0 fully saturated rings. The molecule has 7 heteroatoms. The molecule has 0 radical (unpaired) electrons. The van der Waals surface area contributed by atoms with Crippen molar-refractivity contribution >= 4 is 6.29 Å².